The average molecular weight is 258 g/mol. The van der Waals surface area contributed by atoms with Crippen LogP contribution in [0.5, 0.6) is 0 Å². The number of aromatic nitrogens is 1. The lowest BCUT2D eigenvalue weighted by atomic mass is 10.1. The minimum atomic E-state index is -0.447. The molecule has 1 amide bonds. The fourth-order valence-electron chi connectivity index (χ4n) is 1.68. The molecule has 0 saturated carbocycles. The van der Waals surface area contributed by atoms with Crippen molar-refractivity contribution in [3.8, 4) is 0 Å². The van der Waals surface area contributed by atoms with Crippen LogP contribution >= 0.6 is 0 Å². The lowest BCUT2D eigenvalue weighted by Crippen LogP contribution is -2.22. The Morgan fingerprint density at radius 1 is 1.21 bits per heavy atom. The molecule has 0 saturated heterocycles. The first-order valence-corrected chi connectivity index (χ1v) is 5.89. The smallest absolute Gasteiger partial charge is 0.261 e. The van der Waals surface area contributed by atoms with Crippen molar-refractivity contribution in [1.29, 1.82) is 0 Å². The highest BCUT2D eigenvalue weighted by Gasteiger charge is 2.09. The molecule has 0 aliphatic rings. The van der Waals surface area contributed by atoms with Crippen LogP contribution in [-0.4, -0.2) is 22.6 Å². The van der Waals surface area contributed by atoms with Crippen LogP contribution in [0, 0.1) is 0 Å². The van der Waals surface area contributed by atoms with Crippen molar-refractivity contribution in [1.82, 2.24) is 4.98 Å². The van der Waals surface area contributed by atoms with Gasteiger partial charge in [-0.1, -0.05) is 12.1 Å². The molecular weight excluding hydrogens is 244 g/mol. The number of rotatable bonds is 4. The number of carbonyl (C=O) groups excluding carboxylic acids is 1. The first-order valence-electron chi connectivity index (χ1n) is 5.89. The van der Waals surface area contributed by atoms with Crippen LogP contribution in [0.15, 0.2) is 47.4 Å². The van der Waals surface area contributed by atoms with Gasteiger partial charge in [0.05, 0.1) is 0 Å². The molecule has 1 aromatic heterocycles. The van der Waals surface area contributed by atoms with Gasteiger partial charge in [0.1, 0.15) is 5.56 Å². The van der Waals surface area contributed by atoms with Crippen LogP contribution in [0.1, 0.15) is 15.9 Å². The number of carbonyl (C=O) groups is 1. The number of aliphatic hydroxyl groups is 1. The predicted octanol–water partition coefficient (Wildman–Crippen LogP) is 1.16. The molecule has 0 radical (unpaired) electrons. The minimum Gasteiger partial charge on any atom is -0.396 e. The van der Waals surface area contributed by atoms with Crippen LogP contribution in [0.3, 0.4) is 0 Å². The number of aliphatic hydroxyl groups excluding tert-OH is 1. The molecule has 0 fully saturated rings. The number of H-pyrrole nitrogens is 1. The van der Waals surface area contributed by atoms with E-state index in [1.807, 2.05) is 12.1 Å². The molecule has 0 spiro atoms. The third kappa shape index (κ3) is 3.29. The van der Waals surface area contributed by atoms with Gasteiger partial charge in [-0.2, -0.15) is 0 Å². The quantitative estimate of drug-likeness (QED) is 0.769. The first kappa shape index (κ1) is 13.0. The molecular formula is C14H14N2O3. The van der Waals surface area contributed by atoms with Crippen LogP contribution in [0.25, 0.3) is 0 Å². The van der Waals surface area contributed by atoms with Crippen LogP contribution < -0.4 is 10.9 Å². The second-order valence-corrected chi connectivity index (χ2v) is 4.04. The van der Waals surface area contributed by atoms with Gasteiger partial charge in [-0.3, -0.25) is 9.59 Å². The van der Waals surface area contributed by atoms with Gasteiger partial charge in [0.15, 0.2) is 0 Å². The Morgan fingerprint density at radius 3 is 2.58 bits per heavy atom. The zero-order valence-electron chi connectivity index (χ0n) is 10.2. The SMILES string of the molecule is O=C(Nc1ccc(CCO)cc1)c1ccc[nH]c1=O. The van der Waals surface area contributed by atoms with Gasteiger partial charge in [-0.05, 0) is 36.2 Å². The molecule has 5 heteroatoms. The molecule has 2 rings (SSSR count). The maximum atomic E-state index is 11.9. The van der Waals surface area contributed by atoms with Gasteiger partial charge in [-0.25, -0.2) is 0 Å². The Bertz CT molecular complexity index is 617. The number of hydrogen-bond acceptors (Lipinski definition) is 3. The highest BCUT2D eigenvalue weighted by Crippen LogP contribution is 2.10. The molecule has 0 bridgehead atoms. The summed E-state index contributed by atoms with van der Waals surface area (Å²) in [5.74, 6) is -0.447. The summed E-state index contributed by atoms with van der Waals surface area (Å²) in [7, 11) is 0. The molecule has 19 heavy (non-hydrogen) atoms. The lowest BCUT2D eigenvalue weighted by molar-refractivity contribution is 0.102. The Kier molecular flexibility index (Phi) is 4.10. The van der Waals surface area contributed by atoms with Crippen molar-refractivity contribution in [2.45, 2.75) is 6.42 Å². The normalized spacial score (nSPS) is 10.2. The largest absolute Gasteiger partial charge is 0.396 e. The van der Waals surface area contributed by atoms with Crippen LogP contribution in [0.4, 0.5) is 5.69 Å². The lowest BCUT2D eigenvalue weighted by Gasteiger charge is -2.05. The average Bonchev–Trinajstić information content (AvgIpc) is 2.42. The molecule has 0 aliphatic carbocycles. The summed E-state index contributed by atoms with van der Waals surface area (Å²) in [6.45, 7) is 0.0884. The van der Waals surface area contributed by atoms with E-state index < -0.39 is 11.5 Å². The van der Waals surface area contributed by atoms with Gasteiger partial charge in [-0.15, -0.1) is 0 Å². The fourth-order valence-corrected chi connectivity index (χ4v) is 1.68. The molecule has 1 heterocycles. The summed E-state index contributed by atoms with van der Waals surface area (Å²) in [6.07, 6.45) is 2.05. The van der Waals surface area contributed by atoms with Gasteiger partial charge in [0, 0.05) is 18.5 Å². The summed E-state index contributed by atoms with van der Waals surface area (Å²) in [6, 6.07) is 10.2. The zero-order valence-corrected chi connectivity index (χ0v) is 10.2. The third-order valence-electron chi connectivity index (χ3n) is 2.68. The second-order valence-electron chi connectivity index (χ2n) is 4.04. The number of aromatic amines is 1. The highest BCUT2D eigenvalue weighted by molar-refractivity contribution is 6.03. The number of pyridine rings is 1. The Hall–Kier alpha value is -2.40. The van der Waals surface area contributed by atoms with E-state index in [0.29, 0.717) is 12.1 Å². The van der Waals surface area contributed by atoms with Crippen molar-refractivity contribution in [3.05, 3.63) is 64.1 Å². The van der Waals surface area contributed by atoms with Gasteiger partial charge in [0.25, 0.3) is 11.5 Å². The fraction of sp³-hybridized carbons (Fsp3) is 0.143. The second kappa shape index (κ2) is 5.97. The van der Waals surface area contributed by atoms with Crippen LogP contribution in [0.2, 0.25) is 0 Å². The molecule has 98 valence electrons. The summed E-state index contributed by atoms with van der Waals surface area (Å²) < 4.78 is 0. The molecule has 1 aromatic carbocycles. The van der Waals surface area contributed by atoms with Crippen molar-refractivity contribution < 1.29 is 9.90 Å². The highest BCUT2D eigenvalue weighted by atomic mass is 16.3. The number of nitrogens with one attached hydrogen (secondary N) is 2. The number of hydrogen-bond donors (Lipinski definition) is 3. The summed E-state index contributed by atoms with van der Waals surface area (Å²) in [5.41, 5.74) is 1.24. The van der Waals surface area contributed by atoms with E-state index >= 15 is 0 Å². The number of benzene rings is 1. The summed E-state index contributed by atoms with van der Waals surface area (Å²) in [4.78, 5) is 25.8. The topological polar surface area (TPSA) is 82.2 Å². The van der Waals surface area contributed by atoms with Crippen LogP contribution in [-0.2, 0) is 6.42 Å². The van der Waals surface area contributed by atoms with E-state index in [9.17, 15) is 9.59 Å². The van der Waals surface area contributed by atoms with Gasteiger partial charge >= 0.3 is 0 Å². The standard InChI is InChI=1S/C14H14N2O3/c17-9-7-10-3-5-11(6-4-10)16-14(19)12-2-1-8-15-13(12)18/h1-6,8,17H,7,9H2,(H,15,18)(H,16,19). The van der Waals surface area contributed by atoms with Gasteiger partial charge in [0.2, 0.25) is 0 Å². The Balaban J connectivity index is 2.11. The number of anilines is 1. The maximum Gasteiger partial charge on any atom is 0.261 e. The summed E-state index contributed by atoms with van der Waals surface area (Å²) in [5, 5.41) is 11.5. The van der Waals surface area contributed by atoms with Crippen molar-refractivity contribution in [3.63, 3.8) is 0 Å². The minimum absolute atomic E-state index is 0.0712. The molecule has 0 atom stereocenters. The van der Waals surface area contributed by atoms with E-state index in [1.54, 1.807) is 18.2 Å². The number of amides is 1. The maximum absolute atomic E-state index is 11.9. The Morgan fingerprint density at radius 2 is 1.95 bits per heavy atom. The molecule has 5 nitrogen and oxygen atoms in total. The van der Waals surface area contributed by atoms with E-state index in [-0.39, 0.29) is 12.2 Å². The van der Waals surface area contributed by atoms with E-state index in [2.05, 4.69) is 10.3 Å². The monoisotopic (exact) mass is 258 g/mol. The molecule has 2 aromatic rings. The van der Waals surface area contributed by atoms with E-state index in [1.165, 1.54) is 12.3 Å². The molecule has 3 N–H and O–H groups in total. The third-order valence-corrected chi connectivity index (χ3v) is 2.68. The van der Waals surface area contributed by atoms with Crippen molar-refractivity contribution >= 4 is 11.6 Å². The van der Waals surface area contributed by atoms with E-state index in [4.69, 9.17) is 5.11 Å². The summed E-state index contributed by atoms with van der Waals surface area (Å²) >= 11 is 0. The van der Waals surface area contributed by atoms with Crippen molar-refractivity contribution in [2.24, 2.45) is 0 Å². The Labute approximate surface area is 109 Å². The van der Waals surface area contributed by atoms with E-state index in [0.717, 1.165) is 5.56 Å². The predicted molar refractivity (Wildman–Crippen MR) is 72.2 cm³/mol. The molecule has 0 aliphatic heterocycles. The zero-order chi connectivity index (χ0) is 13.7. The first-order chi connectivity index (χ1) is 9.20. The van der Waals surface area contributed by atoms with Gasteiger partial charge < -0.3 is 15.4 Å². The molecule has 0 unspecified atom stereocenters. The van der Waals surface area contributed by atoms with Crippen molar-refractivity contribution in [2.75, 3.05) is 11.9 Å².